The van der Waals surface area contributed by atoms with E-state index in [1.54, 1.807) is 24.0 Å². The SMILES string of the molecule is C[C@@H](/C=C/CC(=O)N1CCC[C@H]1CO)[C@]1(O)C(=O)N(Cc2cccc(I)c2)c2ccc([N+](=O)[O-])cc21. The summed E-state index contributed by atoms with van der Waals surface area (Å²) in [6, 6.07) is 11.5. The van der Waals surface area contributed by atoms with Gasteiger partial charge in [-0.1, -0.05) is 31.2 Å². The van der Waals surface area contributed by atoms with Crippen LogP contribution in [0.1, 0.15) is 37.3 Å². The lowest BCUT2D eigenvalue weighted by atomic mass is 9.82. The number of benzene rings is 2. The van der Waals surface area contributed by atoms with E-state index in [4.69, 9.17) is 0 Å². The van der Waals surface area contributed by atoms with Gasteiger partial charge < -0.3 is 20.0 Å². The van der Waals surface area contributed by atoms with Gasteiger partial charge in [0.15, 0.2) is 5.60 Å². The molecule has 1 saturated heterocycles. The standard InChI is InChI=1S/C26H28IN3O6/c1-17(5-2-9-24(32)28-12-4-8-21(28)16-31)26(34)22-14-20(30(35)36)10-11-23(22)29(25(26)33)15-18-6-3-7-19(27)13-18/h2-3,5-7,10-11,13-14,17,21,31,34H,4,8-9,12,15-16H2,1H3/b5-2+/t17-,21-,26+/m0/s1. The van der Waals surface area contributed by atoms with Crippen molar-refractivity contribution in [1.29, 1.82) is 0 Å². The van der Waals surface area contributed by atoms with Crippen LogP contribution in [0.25, 0.3) is 0 Å². The van der Waals surface area contributed by atoms with E-state index in [0.29, 0.717) is 12.2 Å². The molecule has 0 spiro atoms. The van der Waals surface area contributed by atoms with Gasteiger partial charge in [-0.05, 0) is 59.2 Å². The Bertz CT molecular complexity index is 1220. The summed E-state index contributed by atoms with van der Waals surface area (Å²) in [4.78, 5) is 40.3. The Balaban J connectivity index is 1.61. The summed E-state index contributed by atoms with van der Waals surface area (Å²) >= 11 is 2.18. The summed E-state index contributed by atoms with van der Waals surface area (Å²) < 4.78 is 0.998. The van der Waals surface area contributed by atoms with Crippen molar-refractivity contribution < 1.29 is 24.7 Å². The molecular weight excluding hydrogens is 577 g/mol. The molecule has 0 radical (unpaired) electrons. The number of nitro benzene ring substituents is 1. The predicted molar refractivity (Wildman–Crippen MR) is 142 cm³/mol. The second kappa shape index (κ2) is 10.7. The van der Waals surface area contributed by atoms with Gasteiger partial charge in [-0.25, -0.2) is 0 Å². The van der Waals surface area contributed by atoms with Crippen molar-refractivity contribution in [3.63, 3.8) is 0 Å². The molecular formula is C26H28IN3O6. The summed E-state index contributed by atoms with van der Waals surface area (Å²) in [6.45, 7) is 2.38. The summed E-state index contributed by atoms with van der Waals surface area (Å²) in [7, 11) is 0. The first-order valence-electron chi connectivity index (χ1n) is 11.8. The van der Waals surface area contributed by atoms with E-state index in [0.717, 1.165) is 22.0 Å². The number of aliphatic hydroxyl groups excluding tert-OH is 1. The number of rotatable bonds is 8. The largest absolute Gasteiger partial charge is 0.394 e. The van der Waals surface area contributed by atoms with Crippen molar-refractivity contribution in [2.24, 2.45) is 5.92 Å². The van der Waals surface area contributed by atoms with Crippen LogP contribution >= 0.6 is 22.6 Å². The zero-order chi connectivity index (χ0) is 26.0. The average Bonchev–Trinajstić information content (AvgIpc) is 3.42. The van der Waals surface area contributed by atoms with Crippen molar-refractivity contribution in [2.75, 3.05) is 18.1 Å². The number of hydrogen-bond acceptors (Lipinski definition) is 6. The number of nitro groups is 1. The number of halogens is 1. The van der Waals surface area contributed by atoms with Crippen LogP contribution in [0, 0.1) is 19.6 Å². The molecule has 3 atom stereocenters. The van der Waals surface area contributed by atoms with Gasteiger partial charge in [-0.15, -0.1) is 0 Å². The molecule has 0 bridgehead atoms. The Labute approximate surface area is 222 Å². The van der Waals surface area contributed by atoms with Gasteiger partial charge in [0.05, 0.1) is 29.8 Å². The van der Waals surface area contributed by atoms with E-state index in [-0.39, 0.29) is 42.8 Å². The smallest absolute Gasteiger partial charge is 0.269 e. The fraction of sp³-hybridized carbons (Fsp3) is 0.385. The summed E-state index contributed by atoms with van der Waals surface area (Å²) in [6.07, 6.45) is 4.90. The first-order valence-corrected chi connectivity index (χ1v) is 12.9. The fourth-order valence-corrected chi connectivity index (χ4v) is 5.61. The number of fused-ring (bicyclic) bond motifs is 1. The van der Waals surface area contributed by atoms with E-state index in [1.165, 1.54) is 23.1 Å². The highest BCUT2D eigenvalue weighted by Gasteiger charge is 2.53. The maximum atomic E-state index is 13.7. The van der Waals surface area contributed by atoms with Crippen LogP contribution < -0.4 is 4.90 Å². The fourth-order valence-electron chi connectivity index (χ4n) is 5.01. The summed E-state index contributed by atoms with van der Waals surface area (Å²) in [5, 5.41) is 32.7. The topological polar surface area (TPSA) is 124 Å². The van der Waals surface area contributed by atoms with Gasteiger partial charge in [-0.3, -0.25) is 19.7 Å². The molecule has 36 heavy (non-hydrogen) atoms. The number of carbonyl (C=O) groups is 2. The highest BCUT2D eigenvalue weighted by Crippen LogP contribution is 2.47. The molecule has 0 saturated carbocycles. The van der Waals surface area contributed by atoms with Crippen LogP contribution in [0.3, 0.4) is 0 Å². The normalized spacial score (nSPS) is 22.3. The maximum absolute atomic E-state index is 13.7. The zero-order valence-corrected chi connectivity index (χ0v) is 22.0. The highest BCUT2D eigenvalue weighted by molar-refractivity contribution is 14.1. The molecule has 2 N–H and O–H groups in total. The predicted octanol–water partition coefficient (Wildman–Crippen LogP) is 3.50. The van der Waals surface area contributed by atoms with E-state index in [9.17, 15) is 29.9 Å². The van der Waals surface area contributed by atoms with Gasteiger partial charge in [0, 0.05) is 40.1 Å². The minimum atomic E-state index is -2.02. The van der Waals surface area contributed by atoms with Crippen molar-refractivity contribution in [3.05, 3.63) is 79.4 Å². The Morgan fingerprint density at radius 2 is 2.11 bits per heavy atom. The second-order valence-electron chi connectivity index (χ2n) is 9.23. The van der Waals surface area contributed by atoms with Gasteiger partial charge in [0.2, 0.25) is 5.91 Å². The molecule has 2 heterocycles. The van der Waals surface area contributed by atoms with Gasteiger partial charge in [0.1, 0.15) is 0 Å². The Morgan fingerprint density at radius 3 is 2.81 bits per heavy atom. The van der Waals surface area contributed by atoms with Gasteiger partial charge >= 0.3 is 0 Å². The first kappa shape index (κ1) is 26.2. The molecule has 0 aliphatic carbocycles. The van der Waals surface area contributed by atoms with Crippen LogP contribution in [-0.4, -0.2) is 51.0 Å². The summed E-state index contributed by atoms with van der Waals surface area (Å²) in [5.74, 6) is -1.46. The number of nitrogens with zero attached hydrogens (tertiary/aromatic N) is 3. The molecule has 10 heteroatoms. The molecule has 2 amide bonds. The third-order valence-corrected chi connectivity index (χ3v) is 7.65. The van der Waals surface area contributed by atoms with Crippen molar-refractivity contribution in [3.8, 4) is 0 Å². The molecule has 9 nitrogen and oxygen atoms in total. The van der Waals surface area contributed by atoms with Crippen LogP contribution in [0.4, 0.5) is 11.4 Å². The molecule has 190 valence electrons. The highest BCUT2D eigenvalue weighted by atomic mass is 127. The lowest BCUT2D eigenvalue weighted by molar-refractivity contribution is -0.385. The van der Waals surface area contributed by atoms with E-state index in [2.05, 4.69) is 22.6 Å². The average molecular weight is 605 g/mol. The molecule has 2 aliphatic heterocycles. The van der Waals surface area contributed by atoms with Crippen molar-refractivity contribution >= 4 is 45.8 Å². The molecule has 2 aliphatic rings. The van der Waals surface area contributed by atoms with Crippen molar-refractivity contribution in [1.82, 2.24) is 4.90 Å². The third kappa shape index (κ3) is 4.89. The van der Waals surface area contributed by atoms with Crippen LogP contribution in [0.5, 0.6) is 0 Å². The number of amides is 2. The van der Waals surface area contributed by atoms with Gasteiger partial charge in [-0.2, -0.15) is 0 Å². The number of non-ortho nitro benzene ring substituents is 1. The third-order valence-electron chi connectivity index (χ3n) is 6.98. The Morgan fingerprint density at radius 1 is 1.33 bits per heavy atom. The minimum absolute atomic E-state index is 0.0685. The molecule has 4 rings (SSSR count). The molecule has 0 aromatic heterocycles. The molecule has 2 aromatic rings. The first-order chi connectivity index (χ1) is 17.2. The number of likely N-dealkylation sites (tertiary alicyclic amines) is 1. The summed E-state index contributed by atoms with van der Waals surface area (Å²) in [5.41, 5.74) is -0.778. The van der Waals surface area contributed by atoms with Gasteiger partial charge in [0.25, 0.3) is 11.6 Å². The number of anilines is 1. The molecule has 1 fully saturated rings. The van der Waals surface area contributed by atoms with Crippen molar-refractivity contribution in [2.45, 2.75) is 44.4 Å². The second-order valence-corrected chi connectivity index (χ2v) is 10.5. The molecule has 0 unspecified atom stereocenters. The van der Waals surface area contributed by atoms with Crippen LogP contribution in [0.15, 0.2) is 54.6 Å². The Kier molecular flexibility index (Phi) is 7.76. The number of aliphatic hydroxyl groups is 2. The number of carbonyl (C=O) groups excluding carboxylic acids is 2. The lowest BCUT2D eigenvalue weighted by Gasteiger charge is -2.28. The lowest BCUT2D eigenvalue weighted by Crippen LogP contribution is -2.44. The maximum Gasteiger partial charge on any atom is 0.269 e. The number of hydrogen-bond donors (Lipinski definition) is 2. The Hall–Kier alpha value is -2.83. The molecule has 2 aromatic carbocycles. The monoisotopic (exact) mass is 605 g/mol. The van der Waals surface area contributed by atoms with E-state index < -0.39 is 22.3 Å². The quantitative estimate of drug-likeness (QED) is 0.206. The van der Waals surface area contributed by atoms with E-state index >= 15 is 0 Å². The minimum Gasteiger partial charge on any atom is -0.394 e. The zero-order valence-electron chi connectivity index (χ0n) is 19.8. The van der Waals surface area contributed by atoms with E-state index in [1.807, 2.05) is 24.3 Å². The van der Waals surface area contributed by atoms with Crippen LogP contribution in [-0.2, 0) is 21.7 Å². The van der Waals surface area contributed by atoms with Crippen LogP contribution in [0.2, 0.25) is 0 Å².